The molecule has 0 saturated heterocycles. The number of alkyl halides is 5. The number of rotatable bonds is 3. The zero-order valence-corrected chi connectivity index (χ0v) is 7.77. The minimum absolute atomic E-state index is 0.625. The second kappa shape index (κ2) is 3.39. The van der Waals surface area contributed by atoms with Crippen molar-refractivity contribution >= 4 is 11.8 Å². The maximum atomic E-state index is 12.6. The highest BCUT2D eigenvalue weighted by Gasteiger charge is 2.65. The molecule has 0 aromatic heterocycles. The molecule has 0 spiro atoms. The van der Waals surface area contributed by atoms with Gasteiger partial charge in [0.25, 0.3) is 0 Å². The molecule has 8 heteroatoms. The van der Waals surface area contributed by atoms with E-state index in [-0.39, 0.29) is 0 Å². The van der Waals surface area contributed by atoms with E-state index in [1.165, 1.54) is 0 Å². The first kappa shape index (κ1) is 12.9. The van der Waals surface area contributed by atoms with Crippen LogP contribution < -0.4 is 0 Å². The van der Waals surface area contributed by atoms with Crippen LogP contribution in [-0.2, 0) is 9.59 Å². The molecule has 3 nitrogen and oxygen atoms in total. The lowest BCUT2D eigenvalue weighted by Crippen LogP contribution is -2.51. The van der Waals surface area contributed by atoms with Crippen LogP contribution >= 0.6 is 0 Å². The molecule has 0 aliphatic heterocycles. The molecule has 0 bridgehead atoms. The van der Waals surface area contributed by atoms with Crippen molar-refractivity contribution in [2.24, 2.45) is 5.41 Å². The van der Waals surface area contributed by atoms with Crippen LogP contribution in [0.25, 0.3) is 0 Å². The number of Topliss-reactive ketones (excluding diaryl/α,β-unsaturated/α-hetero) is 1. The largest absolute Gasteiger partial charge is 0.481 e. The molecule has 0 radical (unpaired) electrons. The molecule has 92 valence electrons. The highest BCUT2D eigenvalue weighted by molar-refractivity contribution is 5.97. The highest BCUT2D eigenvalue weighted by atomic mass is 19.4. The number of carboxylic acid groups (broad SMARTS) is 1. The fourth-order valence-corrected chi connectivity index (χ4v) is 1.58. The molecule has 0 amide bonds. The average Bonchev–Trinajstić information content (AvgIpc) is 1.97. The van der Waals surface area contributed by atoms with Gasteiger partial charge < -0.3 is 5.11 Å². The Bertz CT molecular complexity index is 325. The van der Waals surface area contributed by atoms with Gasteiger partial charge in [0.2, 0.25) is 0 Å². The Morgan fingerprint density at radius 3 is 1.94 bits per heavy atom. The second-order valence-electron chi connectivity index (χ2n) is 3.86. The number of halogens is 5. The van der Waals surface area contributed by atoms with Gasteiger partial charge in [-0.25, -0.2) is 0 Å². The topological polar surface area (TPSA) is 54.4 Å². The third-order valence-electron chi connectivity index (χ3n) is 2.50. The summed E-state index contributed by atoms with van der Waals surface area (Å²) < 4.78 is 60.8. The third kappa shape index (κ3) is 2.00. The van der Waals surface area contributed by atoms with Crippen LogP contribution in [0.1, 0.15) is 19.3 Å². The number of carbonyl (C=O) groups excluding carboxylic acids is 1. The lowest BCUT2D eigenvalue weighted by molar-refractivity contribution is -0.294. The Kier molecular flexibility index (Phi) is 2.73. The molecular weight excluding hydrogens is 239 g/mol. The minimum atomic E-state index is -5.80. The average molecular weight is 246 g/mol. The van der Waals surface area contributed by atoms with Gasteiger partial charge in [0, 0.05) is 19.3 Å². The number of aliphatic carboxylic acids is 1. The summed E-state index contributed by atoms with van der Waals surface area (Å²) in [6, 6.07) is 0. The van der Waals surface area contributed by atoms with Crippen molar-refractivity contribution in [2.75, 3.05) is 0 Å². The van der Waals surface area contributed by atoms with Crippen molar-refractivity contribution in [3.63, 3.8) is 0 Å². The fourth-order valence-electron chi connectivity index (χ4n) is 1.58. The quantitative estimate of drug-likeness (QED) is 0.775. The van der Waals surface area contributed by atoms with Gasteiger partial charge in [0.05, 0.1) is 5.41 Å². The normalized spacial score (nSPS) is 20.4. The number of ketones is 1. The van der Waals surface area contributed by atoms with Crippen LogP contribution in [0.4, 0.5) is 22.0 Å². The maximum Gasteiger partial charge on any atom is 0.453 e. The molecule has 0 unspecified atom stereocenters. The van der Waals surface area contributed by atoms with Crippen LogP contribution in [0.3, 0.4) is 0 Å². The smallest absolute Gasteiger partial charge is 0.453 e. The predicted octanol–water partition coefficient (Wildman–Crippen LogP) is 2.01. The van der Waals surface area contributed by atoms with Crippen molar-refractivity contribution in [2.45, 2.75) is 31.4 Å². The van der Waals surface area contributed by atoms with Crippen LogP contribution in [0, 0.1) is 5.41 Å². The van der Waals surface area contributed by atoms with E-state index in [9.17, 15) is 31.5 Å². The monoisotopic (exact) mass is 246 g/mol. The summed E-state index contributed by atoms with van der Waals surface area (Å²) in [5, 5.41) is 8.58. The second-order valence-corrected chi connectivity index (χ2v) is 3.86. The van der Waals surface area contributed by atoms with E-state index in [1.54, 1.807) is 0 Å². The first-order valence-electron chi connectivity index (χ1n) is 4.20. The lowest BCUT2D eigenvalue weighted by atomic mass is 9.64. The molecule has 1 aliphatic rings. The van der Waals surface area contributed by atoms with E-state index in [0.29, 0.717) is 0 Å². The zero-order chi connectivity index (χ0) is 12.8. The third-order valence-corrected chi connectivity index (χ3v) is 2.50. The Balaban J connectivity index is 2.87. The predicted molar refractivity (Wildman–Crippen MR) is 39.9 cm³/mol. The molecule has 1 aliphatic carbocycles. The van der Waals surface area contributed by atoms with E-state index in [2.05, 4.69) is 0 Å². The van der Waals surface area contributed by atoms with Crippen molar-refractivity contribution < 1.29 is 36.6 Å². The highest BCUT2D eigenvalue weighted by Crippen LogP contribution is 2.50. The Morgan fingerprint density at radius 1 is 1.25 bits per heavy atom. The van der Waals surface area contributed by atoms with E-state index in [1.807, 2.05) is 0 Å². The molecule has 0 aromatic carbocycles. The van der Waals surface area contributed by atoms with Crippen molar-refractivity contribution in [1.82, 2.24) is 0 Å². The summed E-state index contributed by atoms with van der Waals surface area (Å²) in [6.07, 6.45) is -9.22. The molecule has 0 aromatic rings. The summed E-state index contributed by atoms with van der Waals surface area (Å²) in [6.45, 7) is 0. The summed E-state index contributed by atoms with van der Waals surface area (Å²) in [7, 11) is 0. The van der Waals surface area contributed by atoms with E-state index < -0.39 is 48.5 Å². The molecule has 1 rings (SSSR count). The number of carboxylic acids is 1. The van der Waals surface area contributed by atoms with Crippen LogP contribution in [0.2, 0.25) is 0 Å². The van der Waals surface area contributed by atoms with Crippen LogP contribution in [-0.4, -0.2) is 29.0 Å². The van der Waals surface area contributed by atoms with Gasteiger partial charge in [-0.1, -0.05) is 0 Å². The number of hydrogen-bond acceptors (Lipinski definition) is 2. The molecular formula is C8H7F5O3. The SMILES string of the molecule is O=C1CC(CC(F)(F)C(F)(F)F)(C(=O)O)C1. The van der Waals surface area contributed by atoms with Gasteiger partial charge in [-0.15, -0.1) is 0 Å². The first-order valence-corrected chi connectivity index (χ1v) is 4.20. The molecule has 1 saturated carbocycles. The Hall–Kier alpha value is -1.21. The molecule has 0 atom stereocenters. The van der Waals surface area contributed by atoms with Gasteiger partial charge in [0.15, 0.2) is 0 Å². The Labute approximate surface area is 86.2 Å². The standard InChI is InChI=1S/C8H7F5O3/c9-7(10,8(11,12)13)3-6(5(15)16)1-4(14)2-6/h1-3H2,(H,15,16). The van der Waals surface area contributed by atoms with Gasteiger partial charge in [-0.05, 0) is 0 Å². The Morgan fingerprint density at radius 2 is 1.69 bits per heavy atom. The van der Waals surface area contributed by atoms with Gasteiger partial charge in [-0.3, -0.25) is 9.59 Å². The van der Waals surface area contributed by atoms with E-state index in [0.717, 1.165) is 0 Å². The van der Waals surface area contributed by atoms with Gasteiger partial charge in [0.1, 0.15) is 5.78 Å². The number of carbonyl (C=O) groups is 2. The maximum absolute atomic E-state index is 12.6. The van der Waals surface area contributed by atoms with Gasteiger partial charge >= 0.3 is 18.1 Å². The molecule has 0 heterocycles. The van der Waals surface area contributed by atoms with E-state index in [4.69, 9.17) is 5.11 Å². The number of hydrogen-bond donors (Lipinski definition) is 1. The summed E-state index contributed by atoms with van der Waals surface area (Å²) >= 11 is 0. The zero-order valence-electron chi connectivity index (χ0n) is 7.77. The van der Waals surface area contributed by atoms with Crippen LogP contribution in [0.15, 0.2) is 0 Å². The summed E-state index contributed by atoms with van der Waals surface area (Å²) in [5.74, 6) is -7.51. The van der Waals surface area contributed by atoms with E-state index >= 15 is 0 Å². The molecule has 1 N–H and O–H groups in total. The fraction of sp³-hybridized carbons (Fsp3) is 0.750. The van der Waals surface area contributed by atoms with Crippen molar-refractivity contribution in [3.8, 4) is 0 Å². The summed E-state index contributed by atoms with van der Waals surface area (Å²) in [4.78, 5) is 21.2. The van der Waals surface area contributed by atoms with Crippen LogP contribution in [0.5, 0.6) is 0 Å². The molecule has 1 fully saturated rings. The lowest BCUT2D eigenvalue weighted by Gasteiger charge is -2.38. The van der Waals surface area contributed by atoms with Gasteiger partial charge in [-0.2, -0.15) is 22.0 Å². The minimum Gasteiger partial charge on any atom is -0.481 e. The first-order chi connectivity index (χ1) is 7.00. The molecule has 16 heavy (non-hydrogen) atoms. The summed E-state index contributed by atoms with van der Waals surface area (Å²) in [5.41, 5.74) is -2.27. The van der Waals surface area contributed by atoms with Crippen molar-refractivity contribution in [1.29, 1.82) is 0 Å². The van der Waals surface area contributed by atoms with Crippen molar-refractivity contribution in [3.05, 3.63) is 0 Å².